The second kappa shape index (κ2) is 3.59. The molecule has 0 saturated heterocycles. The minimum Gasteiger partial charge on any atom is -0.481 e. The van der Waals surface area contributed by atoms with Crippen molar-refractivity contribution in [2.45, 2.75) is 6.42 Å². The minimum absolute atomic E-state index is 0.0288. The Morgan fingerprint density at radius 2 is 2.06 bits per heavy atom. The molecule has 1 N–H and O–H groups in total. The number of para-hydroxylation sites is 1. The molecule has 4 nitrogen and oxygen atoms in total. The van der Waals surface area contributed by atoms with Crippen molar-refractivity contribution in [3.8, 4) is 0 Å². The lowest BCUT2D eigenvalue weighted by Crippen LogP contribution is -1.99. The second-order valence-electron chi connectivity index (χ2n) is 3.90. The van der Waals surface area contributed by atoms with E-state index in [4.69, 9.17) is 5.11 Å². The molecule has 0 spiro atoms. The van der Waals surface area contributed by atoms with Crippen LogP contribution in [-0.2, 0) is 11.2 Å². The number of fused-ring (bicyclic) bond motifs is 3. The zero-order valence-electron chi connectivity index (χ0n) is 9.00. The van der Waals surface area contributed by atoms with Gasteiger partial charge in [0.1, 0.15) is 0 Å². The molecular weight excluding hydrogens is 216 g/mol. The Kier molecular flexibility index (Phi) is 2.08. The summed E-state index contributed by atoms with van der Waals surface area (Å²) in [6.45, 7) is 0. The summed E-state index contributed by atoms with van der Waals surface area (Å²) in [5.74, 6) is -0.819. The van der Waals surface area contributed by atoms with E-state index in [2.05, 4.69) is 4.98 Å². The number of hydrogen-bond acceptors (Lipinski definition) is 2. The minimum atomic E-state index is -0.819. The Labute approximate surface area is 97.1 Å². The van der Waals surface area contributed by atoms with Crippen molar-refractivity contribution in [1.29, 1.82) is 0 Å². The maximum Gasteiger partial charge on any atom is 0.307 e. The Bertz CT molecular complexity index is 662. The predicted molar refractivity (Wildman–Crippen MR) is 64.0 cm³/mol. The summed E-state index contributed by atoms with van der Waals surface area (Å²) in [4.78, 5) is 15.0. The average molecular weight is 226 g/mol. The molecule has 0 saturated carbocycles. The summed E-state index contributed by atoms with van der Waals surface area (Å²) in [7, 11) is 0. The first-order valence-corrected chi connectivity index (χ1v) is 5.31. The standard InChI is InChI=1S/C13H10N2O2/c16-13(17)7-10-9-3-1-2-4-11(9)15-8-14-6-5-12(10)15/h1-6,8H,7H2,(H,16,17). The molecule has 17 heavy (non-hydrogen) atoms. The lowest BCUT2D eigenvalue weighted by atomic mass is 10.1. The number of carbonyl (C=O) groups is 1. The summed E-state index contributed by atoms with van der Waals surface area (Å²) in [5, 5.41) is 9.95. The third kappa shape index (κ3) is 1.45. The van der Waals surface area contributed by atoms with Gasteiger partial charge in [-0.2, -0.15) is 0 Å². The molecule has 0 unspecified atom stereocenters. The van der Waals surface area contributed by atoms with E-state index in [-0.39, 0.29) is 6.42 Å². The van der Waals surface area contributed by atoms with Crippen LogP contribution in [0.25, 0.3) is 16.4 Å². The highest BCUT2D eigenvalue weighted by Gasteiger charge is 2.13. The zero-order valence-corrected chi connectivity index (χ0v) is 9.00. The van der Waals surface area contributed by atoms with Crippen LogP contribution in [0.5, 0.6) is 0 Å². The molecule has 0 aliphatic rings. The quantitative estimate of drug-likeness (QED) is 0.728. The fourth-order valence-electron chi connectivity index (χ4n) is 2.21. The van der Waals surface area contributed by atoms with Crippen LogP contribution in [0.4, 0.5) is 0 Å². The molecule has 0 bridgehead atoms. The first kappa shape index (κ1) is 9.84. The maximum atomic E-state index is 10.9. The monoisotopic (exact) mass is 226 g/mol. The molecule has 2 aromatic heterocycles. The van der Waals surface area contributed by atoms with E-state index >= 15 is 0 Å². The molecule has 2 heterocycles. The Morgan fingerprint density at radius 1 is 1.24 bits per heavy atom. The van der Waals surface area contributed by atoms with Crippen molar-refractivity contribution < 1.29 is 9.90 Å². The molecule has 0 aliphatic heterocycles. The molecule has 0 amide bonds. The Hall–Kier alpha value is -2.36. The van der Waals surface area contributed by atoms with Gasteiger partial charge in [-0.3, -0.25) is 4.79 Å². The fourth-order valence-corrected chi connectivity index (χ4v) is 2.21. The molecule has 0 atom stereocenters. The number of benzene rings is 1. The Balaban J connectivity index is 2.45. The molecule has 0 radical (unpaired) electrons. The second-order valence-corrected chi connectivity index (χ2v) is 3.90. The van der Waals surface area contributed by atoms with Gasteiger partial charge in [-0.15, -0.1) is 0 Å². The molecule has 1 aromatic carbocycles. The highest BCUT2D eigenvalue weighted by Crippen LogP contribution is 2.26. The van der Waals surface area contributed by atoms with Crippen molar-refractivity contribution >= 4 is 22.4 Å². The van der Waals surface area contributed by atoms with E-state index in [1.807, 2.05) is 34.7 Å². The third-order valence-corrected chi connectivity index (χ3v) is 2.89. The van der Waals surface area contributed by atoms with Crippen molar-refractivity contribution in [3.63, 3.8) is 0 Å². The summed E-state index contributed by atoms with van der Waals surface area (Å²) in [5.41, 5.74) is 2.74. The average Bonchev–Trinajstić information content (AvgIpc) is 2.65. The largest absolute Gasteiger partial charge is 0.481 e. The van der Waals surface area contributed by atoms with Gasteiger partial charge in [0.15, 0.2) is 0 Å². The van der Waals surface area contributed by atoms with Crippen LogP contribution in [0.1, 0.15) is 5.56 Å². The molecule has 0 fully saturated rings. The summed E-state index contributed by atoms with van der Waals surface area (Å²) in [6.07, 6.45) is 3.42. The normalized spacial score (nSPS) is 11.1. The van der Waals surface area contributed by atoms with Gasteiger partial charge in [-0.1, -0.05) is 18.2 Å². The topological polar surface area (TPSA) is 54.6 Å². The zero-order chi connectivity index (χ0) is 11.8. The van der Waals surface area contributed by atoms with Crippen LogP contribution in [0, 0.1) is 0 Å². The summed E-state index contributed by atoms with van der Waals surface area (Å²) >= 11 is 0. The lowest BCUT2D eigenvalue weighted by molar-refractivity contribution is -0.136. The van der Waals surface area contributed by atoms with Crippen molar-refractivity contribution in [3.05, 3.63) is 48.4 Å². The number of carboxylic acid groups (broad SMARTS) is 1. The van der Waals surface area contributed by atoms with Gasteiger partial charge >= 0.3 is 5.97 Å². The predicted octanol–water partition coefficient (Wildman–Crippen LogP) is 2.11. The number of aliphatic carboxylic acids is 1. The fraction of sp³-hybridized carbons (Fsp3) is 0.0769. The molecule has 0 aliphatic carbocycles. The maximum absolute atomic E-state index is 10.9. The van der Waals surface area contributed by atoms with Crippen molar-refractivity contribution in [2.75, 3.05) is 0 Å². The highest BCUT2D eigenvalue weighted by molar-refractivity contribution is 5.95. The molecular formula is C13H10N2O2. The highest BCUT2D eigenvalue weighted by atomic mass is 16.4. The van der Waals surface area contributed by atoms with Crippen LogP contribution < -0.4 is 0 Å². The van der Waals surface area contributed by atoms with Crippen LogP contribution >= 0.6 is 0 Å². The number of rotatable bonds is 2. The van der Waals surface area contributed by atoms with Crippen molar-refractivity contribution in [2.24, 2.45) is 0 Å². The SMILES string of the molecule is O=C(O)Cc1c2ccccc2n2cnccc12. The number of nitrogens with zero attached hydrogens (tertiary/aromatic N) is 2. The van der Waals surface area contributed by atoms with E-state index in [0.717, 1.165) is 22.0 Å². The van der Waals surface area contributed by atoms with Gasteiger partial charge in [-0.25, -0.2) is 4.98 Å². The van der Waals surface area contributed by atoms with E-state index < -0.39 is 5.97 Å². The van der Waals surface area contributed by atoms with Crippen LogP contribution in [0.3, 0.4) is 0 Å². The number of hydrogen-bond donors (Lipinski definition) is 1. The number of aromatic nitrogens is 2. The molecule has 3 aromatic rings. The smallest absolute Gasteiger partial charge is 0.307 e. The van der Waals surface area contributed by atoms with Gasteiger partial charge in [0, 0.05) is 11.6 Å². The summed E-state index contributed by atoms with van der Waals surface area (Å²) in [6, 6.07) is 9.61. The van der Waals surface area contributed by atoms with E-state index in [1.54, 1.807) is 12.5 Å². The van der Waals surface area contributed by atoms with E-state index in [9.17, 15) is 4.79 Å². The van der Waals surface area contributed by atoms with Gasteiger partial charge < -0.3 is 9.51 Å². The van der Waals surface area contributed by atoms with Crippen LogP contribution in [0.2, 0.25) is 0 Å². The summed E-state index contributed by atoms with van der Waals surface area (Å²) < 4.78 is 1.92. The number of carboxylic acids is 1. The van der Waals surface area contributed by atoms with Crippen LogP contribution in [0.15, 0.2) is 42.9 Å². The van der Waals surface area contributed by atoms with Crippen LogP contribution in [-0.4, -0.2) is 20.5 Å². The van der Waals surface area contributed by atoms with Gasteiger partial charge in [0.25, 0.3) is 0 Å². The lowest BCUT2D eigenvalue weighted by Gasteiger charge is -1.96. The first-order valence-electron chi connectivity index (χ1n) is 5.31. The van der Waals surface area contributed by atoms with Gasteiger partial charge in [0.2, 0.25) is 0 Å². The van der Waals surface area contributed by atoms with E-state index in [1.165, 1.54) is 0 Å². The van der Waals surface area contributed by atoms with Gasteiger partial charge in [-0.05, 0) is 17.7 Å². The molecule has 4 heteroatoms. The third-order valence-electron chi connectivity index (χ3n) is 2.89. The van der Waals surface area contributed by atoms with E-state index in [0.29, 0.717) is 0 Å². The Morgan fingerprint density at radius 3 is 2.88 bits per heavy atom. The first-order chi connectivity index (χ1) is 8.27. The van der Waals surface area contributed by atoms with Gasteiger partial charge in [0.05, 0.1) is 23.8 Å². The van der Waals surface area contributed by atoms with Crippen molar-refractivity contribution in [1.82, 2.24) is 9.38 Å². The molecule has 3 rings (SSSR count). The molecule has 84 valence electrons.